The second kappa shape index (κ2) is 8.32. The van der Waals surface area contributed by atoms with Crippen molar-refractivity contribution < 1.29 is 12.4 Å². The highest BCUT2D eigenvalue weighted by Gasteiger charge is 2.02. The molecule has 0 fully saturated rings. The summed E-state index contributed by atoms with van der Waals surface area (Å²) in [6.45, 7) is 2.11. The zero-order valence-electron chi connectivity index (χ0n) is 10.3. The van der Waals surface area contributed by atoms with Crippen molar-refractivity contribution in [2.75, 3.05) is 6.54 Å². The molecule has 1 N–H and O–H groups in total. The third-order valence-electron chi connectivity index (χ3n) is 3.18. The SMILES string of the molecule is C1=C(CCNCc2ccccc2)CCCC1.[Cl-]. The van der Waals surface area contributed by atoms with E-state index >= 15 is 0 Å². The Hall–Kier alpha value is -0.790. The molecule has 0 saturated carbocycles. The fraction of sp³-hybridized carbons (Fsp3) is 0.467. The van der Waals surface area contributed by atoms with Crippen molar-refractivity contribution in [2.45, 2.75) is 38.6 Å². The number of nitrogens with one attached hydrogen (secondary N) is 1. The second-order valence-corrected chi connectivity index (χ2v) is 4.52. The monoisotopic (exact) mass is 250 g/mol. The van der Waals surface area contributed by atoms with Crippen LogP contribution in [0.1, 0.15) is 37.7 Å². The molecule has 0 aromatic heterocycles. The molecule has 1 nitrogen and oxygen atoms in total. The molecule has 0 amide bonds. The van der Waals surface area contributed by atoms with Crippen molar-refractivity contribution in [3.8, 4) is 0 Å². The summed E-state index contributed by atoms with van der Waals surface area (Å²) >= 11 is 0. The smallest absolute Gasteiger partial charge is 0.0205 e. The van der Waals surface area contributed by atoms with E-state index < -0.39 is 0 Å². The van der Waals surface area contributed by atoms with Crippen LogP contribution in [-0.4, -0.2) is 6.54 Å². The molecule has 2 rings (SSSR count). The Morgan fingerprint density at radius 2 is 1.88 bits per heavy atom. The molecule has 2 heteroatoms. The quantitative estimate of drug-likeness (QED) is 0.599. The Balaban J connectivity index is 0.00000144. The summed E-state index contributed by atoms with van der Waals surface area (Å²) in [6, 6.07) is 10.6. The van der Waals surface area contributed by atoms with Crippen molar-refractivity contribution in [3.63, 3.8) is 0 Å². The highest BCUT2D eigenvalue weighted by atomic mass is 35.5. The van der Waals surface area contributed by atoms with Crippen molar-refractivity contribution in [1.29, 1.82) is 0 Å². The van der Waals surface area contributed by atoms with Gasteiger partial charge in [-0.1, -0.05) is 42.0 Å². The van der Waals surface area contributed by atoms with E-state index in [2.05, 4.69) is 41.7 Å². The number of hydrogen-bond donors (Lipinski definition) is 1. The Morgan fingerprint density at radius 1 is 1.06 bits per heavy atom. The Bertz CT molecular complexity index is 332. The summed E-state index contributed by atoms with van der Waals surface area (Å²) in [5, 5.41) is 3.51. The maximum atomic E-state index is 3.51. The van der Waals surface area contributed by atoms with Crippen molar-refractivity contribution in [1.82, 2.24) is 5.32 Å². The van der Waals surface area contributed by atoms with Crippen LogP contribution in [0.3, 0.4) is 0 Å². The van der Waals surface area contributed by atoms with Gasteiger partial charge < -0.3 is 17.7 Å². The summed E-state index contributed by atoms with van der Waals surface area (Å²) in [6.07, 6.45) is 9.08. The van der Waals surface area contributed by atoms with Gasteiger partial charge in [-0.2, -0.15) is 0 Å². The molecule has 1 aromatic rings. The van der Waals surface area contributed by atoms with E-state index in [1.807, 2.05) is 0 Å². The lowest BCUT2D eigenvalue weighted by atomic mass is 9.97. The average molecular weight is 251 g/mol. The van der Waals surface area contributed by atoms with Gasteiger partial charge >= 0.3 is 0 Å². The number of allylic oxidation sites excluding steroid dienone is 1. The van der Waals surface area contributed by atoms with Gasteiger partial charge in [0.2, 0.25) is 0 Å². The summed E-state index contributed by atoms with van der Waals surface area (Å²) in [7, 11) is 0. The van der Waals surface area contributed by atoms with Gasteiger partial charge in [-0.05, 0) is 44.2 Å². The van der Waals surface area contributed by atoms with Gasteiger partial charge in [0.05, 0.1) is 0 Å². The highest BCUT2D eigenvalue weighted by Crippen LogP contribution is 2.19. The van der Waals surface area contributed by atoms with Crippen LogP contribution in [0.4, 0.5) is 0 Å². The van der Waals surface area contributed by atoms with Gasteiger partial charge in [-0.3, -0.25) is 0 Å². The minimum atomic E-state index is 0. The van der Waals surface area contributed by atoms with Gasteiger partial charge in [-0.15, -0.1) is 0 Å². The van der Waals surface area contributed by atoms with Crippen molar-refractivity contribution in [2.24, 2.45) is 0 Å². The molecule has 1 aromatic carbocycles. The molecule has 0 atom stereocenters. The maximum absolute atomic E-state index is 3.51. The average Bonchev–Trinajstić information content (AvgIpc) is 2.37. The van der Waals surface area contributed by atoms with Crippen LogP contribution in [0, 0.1) is 0 Å². The third-order valence-corrected chi connectivity index (χ3v) is 3.18. The van der Waals surface area contributed by atoms with Gasteiger partial charge in [0.1, 0.15) is 0 Å². The lowest BCUT2D eigenvalue weighted by molar-refractivity contribution is -0.00000335. The van der Waals surface area contributed by atoms with Crippen LogP contribution in [0.15, 0.2) is 42.0 Å². The van der Waals surface area contributed by atoms with Gasteiger partial charge in [0.15, 0.2) is 0 Å². The van der Waals surface area contributed by atoms with E-state index in [-0.39, 0.29) is 12.4 Å². The Morgan fingerprint density at radius 3 is 2.59 bits per heavy atom. The van der Waals surface area contributed by atoms with Gasteiger partial charge in [0, 0.05) is 6.54 Å². The fourth-order valence-electron chi connectivity index (χ4n) is 2.21. The fourth-order valence-corrected chi connectivity index (χ4v) is 2.21. The third kappa shape index (κ3) is 5.38. The van der Waals surface area contributed by atoms with Crippen LogP contribution < -0.4 is 17.7 Å². The summed E-state index contributed by atoms with van der Waals surface area (Å²) in [4.78, 5) is 0. The molecule has 0 radical (unpaired) electrons. The molecule has 94 valence electrons. The standard InChI is InChI=1S/C15H21N.ClH/c1-3-7-14(8-4-1)11-12-16-13-15-9-5-2-6-10-15;/h2,5-7,9-10,16H,1,3-4,8,11-13H2;1H/p-1. The normalized spacial score (nSPS) is 14.9. The first kappa shape index (κ1) is 14.3. The molecule has 0 bridgehead atoms. The molecule has 1 aliphatic carbocycles. The lowest BCUT2D eigenvalue weighted by Gasteiger charge is -2.12. The van der Waals surface area contributed by atoms with E-state index in [1.165, 1.54) is 37.7 Å². The van der Waals surface area contributed by atoms with Crippen molar-refractivity contribution >= 4 is 0 Å². The summed E-state index contributed by atoms with van der Waals surface area (Å²) < 4.78 is 0. The topological polar surface area (TPSA) is 12.0 Å². The summed E-state index contributed by atoms with van der Waals surface area (Å²) in [5.74, 6) is 0. The number of rotatable bonds is 5. The predicted octanol–water partition coefficient (Wildman–Crippen LogP) is 0.671. The molecule has 0 spiro atoms. The zero-order valence-corrected chi connectivity index (χ0v) is 11.0. The first-order valence-electron chi connectivity index (χ1n) is 6.38. The van der Waals surface area contributed by atoms with E-state index in [4.69, 9.17) is 0 Å². The van der Waals surface area contributed by atoms with E-state index in [9.17, 15) is 0 Å². The first-order chi connectivity index (χ1) is 7.95. The number of hydrogen-bond acceptors (Lipinski definition) is 1. The summed E-state index contributed by atoms with van der Waals surface area (Å²) in [5.41, 5.74) is 3.03. The minimum absolute atomic E-state index is 0. The largest absolute Gasteiger partial charge is 1.00 e. The van der Waals surface area contributed by atoms with Crippen molar-refractivity contribution in [3.05, 3.63) is 47.5 Å². The van der Waals surface area contributed by atoms with Crippen LogP contribution in [0.25, 0.3) is 0 Å². The number of benzene rings is 1. The maximum Gasteiger partial charge on any atom is 0.0205 e. The second-order valence-electron chi connectivity index (χ2n) is 4.52. The van der Waals surface area contributed by atoms with Crippen LogP contribution in [0.5, 0.6) is 0 Å². The van der Waals surface area contributed by atoms with Crippen LogP contribution in [-0.2, 0) is 6.54 Å². The van der Waals surface area contributed by atoms with E-state index in [0.29, 0.717) is 0 Å². The molecule has 0 saturated heterocycles. The number of halogens is 1. The lowest BCUT2D eigenvalue weighted by Crippen LogP contribution is -3.00. The predicted molar refractivity (Wildman–Crippen MR) is 69.3 cm³/mol. The van der Waals surface area contributed by atoms with E-state index in [0.717, 1.165) is 13.1 Å². The molecule has 0 heterocycles. The van der Waals surface area contributed by atoms with Gasteiger partial charge in [-0.25, -0.2) is 0 Å². The first-order valence-corrected chi connectivity index (χ1v) is 6.38. The molecule has 17 heavy (non-hydrogen) atoms. The van der Waals surface area contributed by atoms with Crippen LogP contribution in [0.2, 0.25) is 0 Å². The molecule has 0 aliphatic heterocycles. The van der Waals surface area contributed by atoms with Crippen LogP contribution >= 0.6 is 0 Å². The molecule has 0 unspecified atom stereocenters. The minimum Gasteiger partial charge on any atom is -1.00 e. The zero-order chi connectivity index (χ0) is 11.1. The molecular weight excluding hydrogens is 230 g/mol. The molecular formula is C15H21ClN-. The Labute approximate surface area is 111 Å². The highest BCUT2D eigenvalue weighted by molar-refractivity contribution is 5.14. The van der Waals surface area contributed by atoms with Gasteiger partial charge in [0.25, 0.3) is 0 Å². The molecule has 1 aliphatic rings. The van der Waals surface area contributed by atoms with E-state index in [1.54, 1.807) is 5.57 Å². The Kier molecular flexibility index (Phi) is 6.99.